The molecule has 0 unspecified atom stereocenters. The number of hydrazine groups is 1. The van der Waals surface area contributed by atoms with E-state index in [-0.39, 0.29) is 18.0 Å². The first-order chi connectivity index (χ1) is 11.6. The molecular formula is C17H18N4O3. The average molecular weight is 326 g/mol. The van der Waals surface area contributed by atoms with E-state index in [2.05, 4.69) is 21.2 Å². The van der Waals surface area contributed by atoms with E-state index in [4.69, 9.17) is 0 Å². The van der Waals surface area contributed by atoms with Crippen molar-refractivity contribution >= 4 is 17.7 Å². The maximum atomic E-state index is 12.0. The maximum Gasteiger partial charge on any atom is 0.288 e. The van der Waals surface area contributed by atoms with Crippen LogP contribution in [0, 0.1) is 0 Å². The molecule has 2 aromatic rings. The number of carbonyl (C=O) groups is 3. The first-order valence-corrected chi connectivity index (χ1v) is 7.38. The van der Waals surface area contributed by atoms with Crippen LogP contribution in [-0.2, 0) is 9.59 Å². The Hall–Kier alpha value is -3.22. The molecule has 0 saturated heterocycles. The van der Waals surface area contributed by atoms with Crippen molar-refractivity contribution in [3.05, 3.63) is 66.0 Å². The quantitative estimate of drug-likeness (QED) is 0.717. The molecule has 3 amide bonds. The Morgan fingerprint density at radius 1 is 1.00 bits per heavy atom. The highest BCUT2D eigenvalue weighted by atomic mass is 16.2. The van der Waals surface area contributed by atoms with Crippen LogP contribution in [-0.4, -0.2) is 22.7 Å². The Morgan fingerprint density at radius 2 is 1.71 bits per heavy atom. The normalized spacial score (nSPS) is 11.2. The van der Waals surface area contributed by atoms with Crippen molar-refractivity contribution in [3.63, 3.8) is 0 Å². The fraction of sp³-hybridized carbons (Fsp3) is 0.176. The molecule has 0 saturated carbocycles. The molecule has 0 aliphatic rings. The number of benzene rings is 1. The largest absolute Gasteiger partial charge is 0.349 e. The molecule has 1 aromatic heterocycles. The van der Waals surface area contributed by atoms with Crippen LogP contribution in [0.15, 0.2) is 54.7 Å². The lowest BCUT2D eigenvalue weighted by Crippen LogP contribution is -2.43. The number of nitrogens with one attached hydrogen (secondary N) is 3. The molecule has 0 aliphatic heterocycles. The molecule has 1 atom stereocenters. The molecule has 0 aliphatic carbocycles. The molecule has 124 valence electrons. The monoisotopic (exact) mass is 326 g/mol. The highest BCUT2D eigenvalue weighted by Crippen LogP contribution is 2.16. The summed E-state index contributed by atoms with van der Waals surface area (Å²) in [6.45, 7) is 1.39. The molecule has 2 rings (SSSR count). The lowest BCUT2D eigenvalue weighted by Gasteiger charge is -2.18. The molecule has 7 heteroatoms. The van der Waals surface area contributed by atoms with Gasteiger partial charge in [0.25, 0.3) is 5.91 Å². The van der Waals surface area contributed by atoms with Crippen molar-refractivity contribution in [2.45, 2.75) is 19.4 Å². The molecule has 0 radical (unpaired) electrons. The first-order valence-electron chi connectivity index (χ1n) is 7.38. The molecule has 0 bridgehead atoms. The van der Waals surface area contributed by atoms with E-state index in [0.717, 1.165) is 5.56 Å². The fourth-order valence-electron chi connectivity index (χ4n) is 2.11. The first kappa shape index (κ1) is 17.1. The minimum atomic E-state index is -0.514. The second-order valence-corrected chi connectivity index (χ2v) is 5.09. The Labute approximate surface area is 139 Å². The van der Waals surface area contributed by atoms with E-state index in [1.807, 2.05) is 30.3 Å². The van der Waals surface area contributed by atoms with Crippen molar-refractivity contribution in [2.75, 3.05) is 0 Å². The van der Waals surface area contributed by atoms with Gasteiger partial charge in [-0.3, -0.25) is 30.2 Å². The van der Waals surface area contributed by atoms with Gasteiger partial charge in [0.15, 0.2) is 0 Å². The summed E-state index contributed by atoms with van der Waals surface area (Å²) in [4.78, 5) is 39.1. The number of nitrogens with zero attached hydrogens (tertiary/aromatic N) is 1. The van der Waals surface area contributed by atoms with Crippen LogP contribution in [0.3, 0.4) is 0 Å². The lowest BCUT2D eigenvalue weighted by molar-refractivity contribution is -0.123. The molecule has 3 N–H and O–H groups in total. The van der Waals surface area contributed by atoms with Gasteiger partial charge in [-0.2, -0.15) is 0 Å². The summed E-state index contributed by atoms with van der Waals surface area (Å²) >= 11 is 0. The number of hydrogen-bond acceptors (Lipinski definition) is 4. The van der Waals surface area contributed by atoms with Crippen molar-refractivity contribution in [1.82, 2.24) is 21.2 Å². The summed E-state index contributed by atoms with van der Waals surface area (Å²) in [5.74, 6) is -1.18. The van der Waals surface area contributed by atoms with Crippen LogP contribution < -0.4 is 16.2 Å². The smallest absolute Gasteiger partial charge is 0.288 e. The predicted molar refractivity (Wildman–Crippen MR) is 87.5 cm³/mol. The average Bonchev–Trinajstić information content (AvgIpc) is 2.60. The van der Waals surface area contributed by atoms with Crippen LogP contribution in [0.1, 0.15) is 35.4 Å². The van der Waals surface area contributed by atoms with Crippen molar-refractivity contribution in [2.24, 2.45) is 0 Å². The van der Waals surface area contributed by atoms with Gasteiger partial charge in [0.1, 0.15) is 5.69 Å². The minimum absolute atomic E-state index is 0.00785. The maximum absolute atomic E-state index is 12.0. The van der Waals surface area contributed by atoms with Gasteiger partial charge in [-0.25, -0.2) is 0 Å². The van der Waals surface area contributed by atoms with E-state index in [1.54, 1.807) is 12.1 Å². The number of amides is 3. The number of aromatic nitrogens is 1. The van der Waals surface area contributed by atoms with E-state index < -0.39 is 17.9 Å². The van der Waals surface area contributed by atoms with Gasteiger partial charge in [0.2, 0.25) is 11.8 Å². The molecule has 0 fully saturated rings. The van der Waals surface area contributed by atoms with Crippen molar-refractivity contribution in [1.29, 1.82) is 0 Å². The van der Waals surface area contributed by atoms with E-state index >= 15 is 0 Å². The molecule has 24 heavy (non-hydrogen) atoms. The van der Waals surface area contributed by atoms with Crippen LogP contribution >= 0.6 is 0 Å². The number of carbonyl (C=O) groups excluding carboxylic acids is 3. The predicted octanol–water partition coefficient (Wildman–Crippen LogP) is 1.11. The Kier molecular flexibility index (Phi) is 6.01. The zero-order valence-corrected chi connectivity index (χ0v) is 13.2. The number of hydrogen-bond donors (Lipinski definition) is 3. The third-order valence-electron chi connectivity index (χ3n) is 3.18. The highest BCUT2D eigenvalue weighted by Gasteiger charge is 2.17. The Morgan fingerprint density at radius 3 is 2.33 bits per heavy atom. The van der Waals surface area contributed by atoms with Gasteiger partial charge < -0.3 is 5.32 Å². The summed E-state index contributed by atoms with van der Waals surface area (Å²) < 4.78 is 0. The highest BCUT2D eigenvalue weighted by molar-refractivity contribution is 5.93. The second-order valence-electron chi connectivity index (χ2n) is 5.09. The fourth-order valence-corrected chi connectivity index (χ4v) is 2.11. The SMILES string of the molecule is CC(=O)N[C@@H](CC(=O)NNC(=O)c1ccccn1)c1ccccc1. The zero-order chi connectivity index (χ0) is 17.4. The van der Waals surface area contributed by atoms with Gasteiger partial charge in [-0.1, -0.05) is 36.4 Å². The molecule has 1 aromatic carbocycles. The topological polar surface area (TPSA) is 100 Å². The molecular weight excluding hydrogens is 308 g/mol. The van der Waals surface area contributed by atoms with Gasteiger partial charge in [0, 0.05) is 13.1 Å². The molecule has 7 nitrogen and oxygen atoms in total. The number of pyridine rings is 1. The summed E-state index contributed by atoms with van der Waals surface area (Å²) in [7, 11) is 0. The van der Waals surface area contributed by atoms with E-state index in [0.29, 0.717) is 0 Å². The van der Waals surface area contributed by atoms with Gasteiger partial charge in [0.05, 0.1) is 12.5 Å². The standard InChI is InChI=1S/C17H18N4O3/c1-12(22)19-15(13-7-3-2-4-8-13)11-16(23)20-21-17(24)14-9-5-6-10-18-14/h2-10,15H,11H2,1H3,(H,19,22)(H,20,23)(H,21,24)/t15-/m0/s1. The van der Waals surface area contributed by atoms with E-state index in [1.165, 1.54) is 19.2 Å². The van der Waals surface area contributed by atoms with Crippen LogP contribution in [0.4, 0.5) is 0 Å². The summed E-state index contributed by atoms with van der Waals surface area (Å²) in [5, 5.41) is 2.72. The zero-order valence-electron chi connectivity index (χ0n) is 13.2. The third kappa shape index (κ3) is 5.20. The summed E-state index contributed by atoms with van der Waals surface area (Å²) in [6, 6.07) is 13.6. The third-order valence-corrected chi connectivity index (χ3v) is 3.18. The summed E-state index contributed by atoms with van der Waals surface area (Å²) in [6.07, 6.45) is 1.48. The van der Waals surface area contributed by atoms with Crippen molar-refractivity contribution in [3.8, 4) is 0 Å². The van der Waals surface area contributed by atoms with Crippen LogP contribution in [0.5, 0.6) is 0 Å². The van der Waals surface area contributed by atoms with Crippen LogP contribution in [0.2, 0.25) is 0 Å². The number of rotatable bonds is 5. The molecule has 0 spiro atoms. The van der Waals surface area contributed by atoms with Gasteiger partial charge >= 0.3 is 0 Å². The van der Waals surface area contributed by atoms with Crippen molar-refractivity contribution < 1.29 is 14.4 Å². The summed E-state index contributed by atoms with van der Waals surface area (Å²) in [5.41, 5.74) is 5.62. The Bertz CT molecular complexity index is 704. The van der Waals surface area contributed by atoms with Gasteiger partial charge in [-0.05, 0) is 17.7 Å². The minimum Gasteiger partial charge on any atom is -0.349 e. The molecule has 1 heterocycles. The van der Waals surface area contributed by atoms with Gasteiger partial charge in [-0.15, -0.1) is 0 Å². The van der Waals surface area contributed by atoms with E-state index in [9.17, 15) is 14.4 Å². The Balaban J connectivity index is 1.93. The van der Waals surface area contributed by atoms with Crippen LogP contribution in [0.25, 0.3) is 0 Å². The lowest BCUT2D eigenvalue weighted by atomic mass is 10.0. The second kappa shape index (κ2) is 8.42.